The molecule has 5 heteroatoms. The van der Waals surface area contributed by atoms with Crippen LogP contribution in [0.4, 0.5) is 0 Å². The molecule has 1 unspecified atom stereocenters. The molecule has 1 fully saturated rings. The summed E-state index contributed by atoms with van der Waals surface area (Å²) in [5.41, 5.74) is 6.77. The van der Waals surface area contributed by atoms with Gasteiger partial charge in [-0.3, -0.25) is 9.69 Å². The molecular formula is C14H16N2O3. The number of nitrogens with zero attached hydrogens (tertiary/aromatic N) is 1. The summed E-state index contributed by atoms with van der Waals surface area (Å²) >= 11 is 0. The first-order valence-corrected chi connectivity index (χ1v) is 6.28. The van der Waals surface area contributed by atoms with Gasteiger partial charge in [0.2, 0.25) is 0 Å². The third-order valence-corrected chi connectivity index (χ3v) is 3.73. The van der Waals surface area contributed by atoms with Crippen LogP contribution in [-0.2, 0) is 11.3 Å². The summed E-state index contributed by atoms with van der Waals surface area (Å²) in [7, 11) is 0. The third kappa shape index (κ3) is 2.22. The van der Waals surface area contributed by atoms with Gasteiger partial charge >= 0.3 is 5.97 Å². The van der Waals surface area contributed by atoms with Gasteiger partial charge in [0.15, 0.2) is 0 Å². The quantitative estimate of drug-likeness (QED) is 0.872. The molecule has 19 heavy (non-hydrogen) atoms. The van der Waals surface area contributed by atoms with Crippen molar-refractivity contribution in [2.24, 2.45) is 5.73 Å². The Morgan fingerprint density at radius 1 is 1.47 bits per heavy atom. The Morgan fingerprint density at radius 2 is 2.32 bits per heavy atom. The van der Waals surface area contributed by atoms with E-state index < -0.39 is 11.5 Å². The van der Waals surface area contributed by atoms with Gasteiger partial charge in [-0.15, -0.1) is 0 Å². The van der Waals surface area contributed by atoms with E-state index in [1.54, 1.807) is 6.26 Å². The van der Waals surface area contributed by atoms with Crippen LogP contribution in [0.2, 0.25) is 0 Å². The SMILES string of the molecule is NC1(C(=O)O)CCN(Cc2ccc3occc3c2)C1. The molecule has 0 aliphatic carbocycles. The Bertz CT molecular complexity index is 622. The molecule has 1 aromatic carbocycles. The van der Waals surface area contributed by atoms with Crippen LogP contribution >= 0.6 is 0 Å². The maximum Gasteiger partial charge on any atom is 0.325 e. The predicted molar refractivity (Wildman–Crippen MR) is 70.7 cm³/mol. The lowest BCUT2D eigenvalue weighted by Gasteiger charge is -2.20. The van der Waals surface area contributed by atoms with Gasteiger partial charge in [0.25, 0.3) is 0 Å². The highest BCUT2D eigenvalue weighted by Crippen LogP contribution is 2.23. The topological polar surface area (TPSA) is 79.7 Å². The number of benzene rings is 1. The summed E-state index contributed by atoms with van der Waals surface area (Å²) in [6.45, 7) is 1.82. The monoisotopic (exact) mass is 260 g/mol. The van der Waals surface area contributed by atoms with Crippen molar-refractivity contribution in [3.8, 4) is 0 Å². The minimum atomic E-state index is -1.10. The molecule has 1 aliphatic heterocycles. The maximum atomic E-state index is 11.1. The lowest BCUT2D eigenvalue weighted by molar-refractivity contribution is -0.142. The van der Waals surface area contributed by atoms with Gasteiger partial charge in [-0.05, 0) is 30.2 Å². The number of furan rings is 1. The van der Waals surface area contributed by atoms with Crippen molar-refractivity contribution in [3.05, 3.63) is 36.1 Å². The Morgan fingerprint density at radius 3 is 3.05 bits per heavy atom. The van der Waals surface area contributed by atoms with E-state index in [2.05, 4.69) is 11.0 Å². The average molecular weight is 260 g/mol. The fourth-order valence-corrected chi connectivity index (χ4v) is 2.60. The van der Waals surface area contributed by atoms with Gasteiger partial charge in [0.1, 0.15) is 11.1 Å². The number of likely N-dealkylation sites (tertiary alicyclic amines) is 1. The lowest BCUT2D eigenvalue weighted by Crippen LogP contribution is -2.50. The van der Waals surface area contributed by atoms with Crippen molar-refractivity contribution >= 4 is 16.9 Å². The second-order valence-electron chi connectivity index (χ2n) is 5.21. The fourth-order valence-electron chi connectivity index (χ4n) is 2.60. The molecule has 2 aromatic rings. The van der Waals surface area contributed by atoms with Gasteiger partial charge in [-0.25, -0.2) is 0 Å². The van der Waals surface area contributed by atoms with E-state index in [0.717, 1.165) is 16.5 Å². The first-order chi connectivity index (χ1) is 9.07. The maximum absolute atomic E-state index is 11.1. The molecule has 3 N–H and O–H groups in total. The van der Waals surface area contributed by atoms with Crippen LogP contribution in [0.1, 0.15) is 12.0 Å². The van der Waals surface area contributed by atoms with E-state index in [0.29, 0.717) is 26.1 Å². The van der Waals surface area contributed by atoms with Gasteiger partial charge in [-0.2, -0.15) is 0 Å². The number of carbonyl (C=O) groups is 1. The van der Waals surface area contributed by atoms with E-state index in [-0.39, 0.29) is 0 Å². The molecule has 1 aliphatic rings. The third-order valence-electron chi connectivity index (χ3n) is 3.73. The van der Waals surface area contributed by atoms with Crippen LogP contribution in [0.25, 0.3) is 11.0 Å². The van der Waals surface area contributed by atoms with Gasteiger partial charge < -0.3 is 15.3 Å². The van der Waals surface area contributed by atoms with E-state index in [1.165, 1.54) is 0 Å². The molecule has 1 atom stereocenters. The number of carboxylic acids is 1. The molecule has 0 spiro atoms. The molecule has 3 rings (SSSR count). The Labute approximate surface area is 110 Å². The lowest BCUT2D eigenvalue weighted by atomic mass is 10.0. The smallest absolute Gasteiger partial charge is 0.325 e. The Hall–Kier alpha value is -1.85. The van der Waals surface area contributed by atoms with Gasteiger partial charge in [0, 0.05) is 25.0 Å². The molecule has 0 saturated carbocycles. The van der Waals surface area contributed by atoms with Crippen LogP contribution in [0.5, 0.6) is 0 Å². The number of rotatable bonds is 3. The zero-order valence-corrected chi connectivity index (χ0v) is 10.5. The highest BCUT2D eigenvalue weighted by molar-refractivity contribution is 5.79. The van der Waals surface area contributed by atoms with E-state index in [4.69, 9.17) is 15.3 Å². The summed E-state index contributed by atoms with van der Waals surface area (Å²) in [5.74, 6) is -0.916. The molecule has 5 nitrogen and oxygen atoms in total. The number of nitrogens with two attached hydrogens (primary N) is 1. The molecule has 1 saturated heterocycles. The summed E-state index contributed by atoms with van der Waals surface area (Å²) < 4.78 is 5.30. The summed E-state index contributed by atoms with van der Waals surface area (Å²) in [6, 6.07) is 7.93. The number of carboxylic acid groups (broad SMARTS) is 1. The predicted octanol–water partition coefficient (Wildman–Crippen LogP) is 1.42. The number of hydrogen-bond donors (Lipinski definition) is 2. The summed E-state index contributed by atoms with van der Waals surface area (Å²) in [4.78, 5) is 13.2. The normalized spacial score (nSPS) is 24.1. The van der Waals surface area contributed by atoms with Crippen molar-refractivity contribution < 1.29 is 14.3 Å². The Balaban J connectivity index is 1.74. The largest absolute Gasteiger partial charge is 0.480 e. The molecular weight excluding hydrogens is 244 g/mol. The standard InChI is InChI=1S/C14H16N2O3/c15-14(13(17)18)4-5-16(9-14)8-10-1-2-12-11(7-10)3-6-19-12/h1-3,6-7H,4-5,8-9,15H2,(H,17,18). The van der Waals surface area contributed by atoms with Gasteiger partial charge in [-0.1, -0.05) is 6.07 Å². The second-order valence-corrected chi connectivity index (χ2v) is 5.21. The van der Waals surface area contributed by atoms with Crippen LogP contribution in [0, 0.1) is 0 Å². The van der Waals surface area contributed by atoms with E-state index in [9.17, 15) is 4.79 Å². The van der Waals surface area contributed by atoms with Crippen LogP contribution in [-0.4, -0.2) is 34.6 Å². The van der Waals surface area contributed by atoms with Crippen molar-refractivity contribution in [2.45, 2.75) is 18.5 Å². The molecule has 0 bridgehead atoms. The van der Waals surface area contributed by atoms with Crippen molar-refractivity contribution in [2.75, 3.05) is 13.1 Å². The highest BCUT2D eigenvalue weighted by Gasteiger charge is 2.40. The van der Waals surface area contributed by atoms with Crippen LogP contribution < -0.4 is 5.73 Å². The molecule has 0 radical (unpaired) electrons. The van der Waals surface area contributed by atoms with Crippen molar-refractivity contribution in [3.63, 3.8) is 0 Å². The molecule has 0 amide bonds. The minimum absolute atomic E-state index is 0.395. The van der Waals surface area contributed by atoms with E-state index >= 15 is 0 Å². The fraction of sp³-hybridized carbons (Fsp3) is 0.357. The van der Waals surface area contributed by atoms with Crippen LogP contribution in [0.3, 0.4) is 0 Å². The zero-order chi connectivity index (χ0) is 13.5. The van der Waals surface area contributed by atoms with Gasteiger partial charge in [0.05, 0.1) is 6.26 Å². The number of hydrogen-bond acceptors (Lipinski definition) is 4. The van der Waals surface area contributed by atoms with E-state index in [1.807, 2.05) is 18.2 Å². The first-order valence-electron chi connectivity index (χ1n) is 6.28. The molecule has 1 aromatic heterocycles. The average Bonchev–Trinajstić information content (AvgIpc) is 2.96. The van der Waals surface area contributed by atoms with Crippen molar-refractivity contribution in [1.29, 1.82) is 0 Å². The number of aliphatic carboxylic acids is 1. The first kappa shape index (κ1) is 12.2. The second kappa shape index (κ2) is 4.36. The minimum Gasteiger partial charge on any atom is -0.480 e. The van der Waals surface area contributed by atoms with Crippen molar-refractivity contribution in [1.82, 2.24) is 4.90 Å². The molecule has 100 valence electrons. The molecule has 2 heterocycles. The number of fused-ring (bicyclic) bond motifs is 1. The highest BCUT2D eigenvalue weighted by atomic mass is 16.4. The van der Waals surface area contributed by atoms with Crippen LogP contribution in [0.15, 0.2) is 34.9 Å². The summed E-state index contributed by atoms with van der Waals surface area (Å²) in [5, 5.41) is 10.2. The zero-order valence-electron chi connectivity index (χ0n) is 10.5. The summed E-state index contributed by atoms with van der Waals surface area (Å²) in [6.07, 6.45) is 2.16. The Kier molecular flexibility index (Phi) is 2.80.